The maximum atomic E-state index is 10.7. The molecule has 0 aromatic carbocycles. The average molecular weight is 855 g/mol. The molecule has 21 heteroatoms. The van der Waals surface area contributed by atoms with E-state index >= 15 is 0 Å². The van der Waals surface area contributed by atoms with Gasteiger partial charge >= 0.3 is 11.4 Å². The summed E-state index contributed by atoms with van der Waals surface area (Å²) < 4.78 is 10.6. The number of nitro groups is 2. The fourth-order valence-corrected chi connectivity index (χ4v) is 7.22. The van der Waals surface area contributed by atoms with Crippen molar-refractivity contribution in [1.82, 2.24) is 39.9 Å². The SMILES string of the molecule is COc1nccc2ccc(NC3CCC(CN)CC3)nc12.COc1nccc2ccc(NC3CCC(CNc4ncc([N+](=O)[O-])cn4)CC3)nc12.O=[N+]([O-])c1cnc(Cl)nc1. The highest BCUT2D eigenvalue weighted by molar-refractivity contribution is 6.28. The molecule has 0 atom stereocenters. The Morgan fingerprint density at radius 3 is 1.52 bits per heavy atom. The van der Waals surface area contributed by atoms with Gasteiger partial charge in [0.1, 0.15) is 47.5 Å². The average Bonchev–Trinajstić information content (AvgIpc) is 3.29. The second kappa shape index (κ2) is 21.5. The number of pyridine rings is 4. The van der Waals surface area contributed by atoms with Gasteiger partial charge in [-0.2, -0.15) is 0 Å². The number of hydrogen-bond donors (Lipinski definition) is 4. The van der Waals surface area contributed by atoms with Crippen molar-refractivity contribution in [3.05, 3.63) is 99.1 Å². The fraction of sp³-hybridized carbons (Fsp3) is 0.400. The van der Waals surface area contributed by atoms with Gasteiger partial charge in [0.05, 0.1) is 24.1 Å². The van der Waals surface area contributed by atoms with E-state index in [1.54, 1.807) is 26.6 Å². The first kappa shape index (κ1) is 43.9. The zero-order chi connectivity index (χ0) is 43.1. The van der Waals surface area contributed by atoms with Crippen molar-refractivity contribution < 1.29 is 19.3 Å². The predicted octanol–water partition coefficient (Wildman–Crippen LogP) is 7.03. The molecule has 6 aromatic rings. The molecule has 0 unspecified atom stereocenters. The molecule has 0 amide bonds. The van der Waals surface area contributed by atoms with Gasteiger partial charge in [0.15, 0.2) is 0 Å². The summed E-state index contributed by atoms with van der Waals surface area (Å²) in [6.45, 7) is 1.56. The predicted molar refractivity (Wildman–Crippen MR) is 231 cm³/mol. The second-order valence-corrected chi connectivity index (χ2v) is 14.8. The molecule has 6 aromatic heterocycles. The molecule has 2 fully saturated rings. The summed E-state index contributed by atoms with van der Waals surface area (Å²) in [7, 11) is 3.22. The molecule has 61 heavy (non-hydrogen) atoms. The first-order valence-corrected chi connectivity index (χ1v) is 20.1. The number of halogens is 1. The number of nitrogens with zero attached hydrogens (tertiary/aromatic N) is 10. The number of fused-ring (bicyclic) bond motifs is 2. The maximum absolute atomic E-state index is 10.7. The van der Waals surface area contributed by atoms with E-state index in [4.69, 9.17) is 26.8 Å². The third-order valence-electron chi connectivity index (χ3n) is 10.5. The smallest absolute Gasteiger partial charge is 0.305 e. The van der Waals surface area contributed by atoms with Crippen LogP contribution < -0.4 is 31.2 Å². The summed E-state index contributed by atoms with van der Waals surface area (Å²) in [5.41, 5.74) is 7.03. The van der Waals surface area contributed by atoms with Crippen molar-refractivity contribution in [2.75, 3.05) is 43.3 Å². The number of aromatic nitrogens is 8. The molecule has 8 rings (SSSR count). The number of ether oxygens (including phenoxy) is 2. The number of anilines is 3. The minimum atomic E-state index is -0.587. The van der Waals surface area contributed by atoms with E-state index in [1.165, 1.54) is 25.2 Å². The molecule has 0 aliphatic heterocycles. The molecule has 0 spiro atoms. The molecule has 2 saturated carbocycles. The minimum absolute atomic E-state index is 0.00519. The van der Waals surface area contributed by atoms with Gasteiger partial charge in [-0.25, -0.2) is 39.9 Å². The van der Waals surface area contributed by atoms with Crippen LogP contribution in [-0.2, 0) is 0 Å². The first-order valence-electron chi connectivity index (χ1n) is 19.8. The Morgan fingerprint density at radius 2 is 1.10 bits per heavy atom. The van der Waals surface area contributed by atoms with Gasteiger partial charge in [0.2, 0.25) is 23.0 Å². The lowest BCUT2D eigenvalue weighted by Gasteiger charge is -2.29. The van der Waals surface area contributed by atoms with Gasteiger partial charge in [-0.3, -0.25) is 20.2 Å². The summed E-state index contributed by atoms with van der Waals surface area (Å²) in [4.78, 5) is 52.1. The van der Waals surface area contributed by atoms with E-state index in [0.29, 0.717) is 41.6 Å². The quantitative estimate of drug-likeness (QED) is 0.0546. The number of nitrogens with one attached hydrogen (secondary N) is 3. The summed E-state index contributed by atoms with van der Waals surface area (Å²) in [6.07, 6.45) is 16.9. The molecule has 320 valence electrons. The van der Waals surface area contributed by atoms with Gasteiger partial charge in [0.25, 0.3) is 0 Å². The van der Waals surface area contributed by atoms with Crippen molar-refractivity contribution in [2.24, 2.45) is 17.6 Å². The standard InChI is InChI=1S/C20H23N7O3.C16H22N4O.C4H2ClN3O2/c1-30-19-18-14(8-9-21-19)4-7-17(26-18)25-15-5-2-13(3-6-15)10-22-20-23-11-16(12-24-20)27(28)29;1-21-16-15-12(8-9-18-16)4-7-14(20-15)19-13-5-2-11(10-17)3-6-13;5-4-6-1-3(2-7-4)8(9)10/h4,7-9,11-13,15H,2-3,5-6,10H2,1H3,(H,25,26)(H,22,23,24);4,7-9,11,13H,2-3,5-6,10,17H2,1H3,(H,19,20);1-2H. The molecular weight excluding hydrogens is 808 g/mol. The van der Waals surface area contributed by atoms with Crippen molar-refractivity contribution in [3.63, 3.8) is 0 Å². The molecule has 6 heterocycles. The normalized spacial score (nSPS) is 18.4. The highest BCUT2D eigenvalue weighted by Gasteiger charge is 2.23. The molecule has 5 N–H and O–H groups in total. The Morgan fingerprint density at radius 1 is 0.656 bits per heavy atom. The molecule has 0 bridgehead atoms. The van der Waals surface area contributed by atoms with Crippen LogP contribution in [0.2, 0.25) is 5.28 Å². The van der Waals surface area contributed by atoms with Crippen molar-refractivity contribution in [1.29, 1.82) is 0 Å². The van der Waals surface area contributed by atoms with E-state index < -0.39 is 9.85 Å². The van der Waals surface area contributed by atoms with E-state index in [-0.39, 0.29) is 16.7 Å². The lowest BCUT2D eigenvalue weighted by atomic mass is 9.86. The Balaban J connectivity index is 0.000000173. The summed E-state index contributed by atoms with van der Waals surface area (Å²) in [5.74, 6) is 4.44. The number of rotatable bonds is 12. The van der Waals surface area contributed by atoms with Gasteiger partial charge < -0.3 is 31.2 Å². The Kier molecular flexibility index (Phi) is 15.5. The fourth-order valence-electron chi connectivity index (χ4n) is 7.12. The van der Waals surface area contributed by atoms with Crippen LogP contribution in [-0.4, -0.2) is 89.1 Å². The third kappa shape index (κ3) is 12.4. The Hall–Kier alpha value is -6.67. The first-order chi connectivity index (χ1) is 29.6. The van der Waals surface area contributed by atoms with Gasteiger partial charge in [-0.1, -0.05) is 0 Å². The molecular formula is C40H47ClN14O6. The maximum Gasteiger partial charge on any atom is 0.305 e. The van der Waals surface area contributed by atoms with Crippen LogP contribution in [0.5, 0.6) is 11.8 Å². The zero-order valence-electron chi connectivity index (χ0n) is 33.7. The minimum Gasteiger partial charge on any atom is -0.479 e. The molecule has 0 saturated heterocycles. The molecule has 2 aliphatic rings. The number of methoxy groups -OCH3 is 2. The van der Waals surface area contributed by atoms with E-state index in [1.807, 2.05) is 30.3 Å². The van der Waals surface area contributed by atoms with Crippen molar-refractivity contribution in [3.8, 4) is 11.8 Å². The summed E-state index contributed by atoms with van der Waals surface area (Å²) >= 11 is 5.27. The van der Waals surface area contributed by atoms with Crippen LogP contribution in [0.4, 0.5) is 29.0 Å². The van der Waals surface area contributed by atoms with Gasteiger partial charge in [-0.05, 0) is 118 Å². The van der Waals surface area contributed by atoms with Gasteiger partial charge in [0, 0.05) is 41.8 Å². The van der Waals surface area contributed by atoms with E-state index in [9.17, 15) is 20.2 Å². The highest BCUT2D eigenvalue weighted by atomic mass is 35.5. The number of nitrogens with two attached hydrogens (primary N) is 1. The van der Waals surface area contributed by atoms with Crippen molar-refractivity contribution >= 4 is 62.4 Å². The molecule has 20 nitrogen and oxygen atoms in total. The van der Waals surface area contributed by atoms with Crippen LogP contribution in [0, 0.1) is 32.1 Å². The molecule has 2 aliphatic carbocycles. The van der Waals surface area contributed by atoms with Crippen LogP contribution >= 0.6 is 11.6 Å². The zero-order valence-corrected chi connectivity index (χ0v) is 34.4. The Bertz CT molecular complexity index is 2360. The van der Waals surface area contributed by atoms with Crippen LogP contribution in [0.1, 0.15) is 51.4 Å². The number of hydrogen-bond acceptors (Lipinski definition) is 18. The topological polar surface area (TPSA) is 270 Å². The second-order valence-electron chi connectivity index (χ2n) is 14.5. The van der Waals surface area contributed by atoms with Crippen LogP contribution in [0.3, 0.4) is 0 Å². The van der Waals surface area contributed by atoms with E-state index in [0.717, 1.165) is 97.4 Å². The van der Waals surface area contributed by atoms with E-state index in [2.05, 4.69) is 61.9 Å². The van der Waals surface area contributed by atoms with Gasteiger partial charge in [-0.15, -0.1) is 0 Å². The Labute approximate surface area is 355 Å². The summed E-state index contributed by atoms with van der Waals surface area (Å²) in [5, 5.41) is 32.9. The van der Waals surface area contributed by atoms with Crippen LogP contribution in [0.15, 0.2) is 73.6 Å². The highest BCUT2D eigenvalue weighted by Crippen LogP contribution is 2.30. The van der Waals surface area contributed by atoms with Crippen LogP contribution in [0.25, 0.3) is 21.8 Å². The largest absolute Gasteiger partial charge is 0.479 e. The monoisotopic (exact) mass is 854 g/mol. The summed E-state index contributed by atoms with van der Waals surface area (Å²) in [6, 6.07) is 12.8. The lowest BCUT2D eigenvalue weighted by molar-refractivity contribution is -0.385. The lowest BCUT2D eigenvalue weighted by Crippen LogP contribution is -2.29. The third-order valence-corrected chi connectivity index (χ3v) is 10.7. The molecule has 0 radical (unpaired) electrons. The van der Waals surface area contributed by atoms with Crippen molar-refractivity contribution in [2.45, 2.75) is 63.5 Å².